The Morgan fingerprint density at radius 3 is 2.86 bits per heavy atom. The van der Waals surface area contributed by atoms with Gasteiger partial charge in [-0.15, -0.1) is 0 Å². The third-order valence-electron chi connectivity index (χ3n) is 2.43. The lowest BCUT2D eigenvalue weighted by Gasteiger charge is -2.26. The molecule has 2 rings (SSSR count). The molecular weight excluding hydrogens is 205 g/mol. The van der Waals surface area contributed by atoms with Gasteiger partial charge < -0.3 is 0 Å². The number of hydrogen-bond donors (Lipinski definition) is 0. The van der Waals surface area contributed by atoms with Crippen molar-refractivity contribution in [3.63, 3.8) is 0 Å². The maximum absolute atomic E-state index is 12.9. The molecule has 0 fully saturated rings. The highest BCUT2D eigenvalue weighted by atomic mass is 32.2. The lowest BCUT2D eigenvalue weighted by atomic mass is 10.1. The Kier molecular flexibility index (Phi) is 1.99. The second kappa shape index (κ2) is 2.95. The predicted molar refractivity (Wildman–Crippen MR) is 52.3 cm³/mol. The van der Waals surface area contributed by atoms with Crippen molar-refractivity contribution in [1.82, 2.24) is 0 Å². The summed E-state index contributed by atoms with van der Waals surface area (Å²) in [5.41, 5.74) is 1.33. The van der Waals surface area contributed by atoms with E-state index in [1.54, 1.807) is 6.07 Å². The average Bonchev–Trinajstić information content (AvgIpc) is 2.13. The molecule has 0 aromatic heterocycles. The van der Waals surface area contributed by atoms with Crippen LogP contribution in [0, 0.1) is 5.82 Å². The van der Waals surface area contributed by atoms with E-state index in [0.29, 0.717) is 12.1 Å². The maximum atomic E-state index is 12.9. The molecule has 0 atom stereocenters. The fraction of sp³-hybridized carbons (Fsp3) is 0.333. The average molecular weight is 215 g/mol. The molecule has 14 heavy (non-hydrogen) atoms. The third-order valence-corrected chi connectivity index (χ3v) is 4.18. The number of hydrogen-bond acceptors (Lipinski definition) is 2. The van der Waals surface area contributed by atoms with Crippen molar-refractivity contribution in [1.29, 1.82) is 0 Å². The number of rotatable bonds is 0. The molecule has 1 aliphatic rings. The van der Waals surface area contributed by atoms with E-state index in [1.165, 1.54) is 19.2 Å². The summed E-state index contributed by atoms with van der Waals surface area (Å²) in [6.07, 6.45) is 0.461. The smallest absolute Gasteiger partial charge is 0.235 e. The van der Waals surface area contributed by atoms with Crippen molar-refractivity contribution >= 4 is 15.7 Å². The van der Waals surface area contributed by atoms with Gasteiger partial charge in [-0.2, -0.15) is 0 Å². The molecule has 0 amide bonds. The van der Waals surface area contributed by atoms with E-state index in [-0.39, 0.29) is 5.75 Å². The Morgan fingerprint density at radius 1 is 1.43 bits per heavy atom. The van der Waals surface area contributed by atoms with Crippen molar-refractivity contribution in [3.05, 3.63) is 29.6 Å². The fourth-order valence-electron chi connectivity index (χ4n) is 1.57. The van der Waals surface area contributed by atoms with Crippen LogP contribution in [0.5, 0.6) is 0 Å². The van der Waals surface area contributed by atoms with Crippen LogP contribution in [-0.4, -0.2) is 21.2 Å². The second-order valence-electron chi connectivity index (χ2n) is 3.31. The summed E-state index contributed by atoms with van der Waals surface area (Å²) in [6.45, 7) is 0. The van der Waals surface area contributed by atoms with E-state index in [2.05, 4.69) is 0 Å². The van der Waals surface area contributed by atoms with Crippen LogP contribution in [0.25, 0.3) is 0 Å². The Balaban J connectivity index is 2.59. The Morgan fingerprint density at radius 2 is 2.14 bits per heavy atom. The van der Waals surface area contributed by atoms with Crippen molar-refractivity contribution in [2.75, 3.05) is 17.1 Å². The molecule has 0 unspecified atom stereocenters. The van der Waals surface area contributed by atoms with Gasteiger partial charge in [0.05, 0.1) is 11.4 Å². The molecule has 3 nitrogen and oxygen atoms in total. The van der Waals surface area contributed by atoms with Gasteiger partial charge in [0.15, 0.2) is 0 Å². The topological polar surface area (TPSA) is 37.4 Å². The van der Waals surface area contributed by atoms with E-state index < -0.39 is 15.8 Å². The molecular formula is C9H10FNO2S. The monoisotopic (exact) mass is 215 g/mol. The summed E-state index contributed by atoms with van der Waals surface area (Å²) in [6, 6.07) is 4.24. The summed E-state index contributed by atoms with van der Waals surface area (Å²) < 4.78 is 37.0. The Bertz CT molecular complexity index is 470. The third kappa shape index (κ3) is 1.37. The van der Waals surface area contributed by atoms with Crippen molar-refractivity contribution in [2.45, 2.75) is 6.42 Å². The zero-order valence-electron chi connectivity index (χ0n) is 7.70. The Labute approximate surface area is 82.2 Å². The van der Waals surface area contributed by atoms with E-state index in [9.17, 15) is 12.8 Å². The van der Waals surface area contributed by atoms with Gasteiger partial charge in [0.2, 0.25) is 10.0 Å². The van der Waals surface area contributed by atoms with Crippen LogP contribution in [0.3, 0.4) is 0 Å². The highest BCUT2D eigenvalue weighted by molar-refractivity contribution is 7.92. The van der Waals surface area contributed by atoms with Gasteiger partial charge in [-0.25, -0.2) is 12.8 Å². The van der Waals surface area contributed by atoms with Crippen LogP contribution < -0.4 is 4.31 Å². The maximum Gasteiger partial charge on any atom is 0.235 e. The molecule has 1 aliphatic heterocycles. The van der Waals surface area contributed by atoms with Gasteiger partial charge >= 0.3 is 0 Å². The number of anilines is 1. The summed E-state index contributed by atoms with van der Waals surface area (Å²) >= 11 is 0. The molecule has 76 valence electrons. The molecule has 1 heterocycles. The highest BCUT2D eigenvalue weighted by Crippen LogP contribution is 2.28. The summed E-state index contributed by atoms with van der Waals surface area (Å²) in [5, 5.41) is 0. The number of halogens is 1. The highest BCUT2D eigenvalue weighted by Gasteiger charge is 2.26. The lowest BCUT2D eigenvalue weighted by Crippen LogP contribution is -2.34. The molecule has 1 aromatic rings. The quantitative estimate of drug-likeness (QED) is 0.651. The summed E-state index contributed by atoms with van der Waals surface area (Å²) in [5.74, 6) is -0.310. The first-order valence-corrected chi connectivity index (χ1v) is 5.87. The molecule has 0 N–H and O–H groups in total. The molecule has 0 radical (unpaired) electrons. The number of nitrogens with zero attached hydrogens (tertiary/aromatic N) is 1. The first-order chi connectivity index (χ1) is 6.50. The summed E-state index contributed by atoms with van der Waals surface area (Å²) in [7, 11) is -1.77. The van der Waals surface area contributed by atoms with Crippen LogP contribution in [0.1, 0.15) is 5.56 Å². The zero-order valence-corrected chi connectivity index (χ0v) is 8.51. The molecule has 0 saturated carbocycles. The van der Waals surface area contributed by atoms with Crippen LogP contribution in [0.2, 0.25) is 0 Å². The van der Waals surface area contributed by atoms with Crippen molar-refractivity contribution in [3.8, 4) is 0 Å². The SMILES string of the molecule is CN1c2cc(F)ccc2CCS1(=O)=O. The van der Waals surface area contributed by atoms with E-state index in [1.807, 2.05) is 0 Å². The minimum atomic E-state index is -3.22. The fourth-order valence-corrected chi connectivity index (χ4v) is 2.79. The molecule has 0 spiro atoms. The standard InChI is InChI=1S/C9H10FNO2S/c1-11-9-6-8(10)3-2-7(9)4-5-14(11,12)13/h2-3,6H,4-5H2,1H3. The van der Waals surface area contributed by atoms with E-state index in [0.717, 1.165) is 9.87 Å². The van der Waals surface area contributed by atoms with Crippen LogP contribution >= 0.6 is 0 Å². The molecule has 5 heteroatoms. The number of fused-ring (bicyclic) bond motifs is 1. The first kappa shape index (κ1) is 9.45. The molecule has 1 aromatic carbocycles. The normalized spacial score (nSPS) is 19.1. The van der Waals surface area contributed by atoms with Gasteiger partial charge in [0, 0.05) is 7.05 Å². The minimum absolute atomic E-state index is 0.0993. The minimum Gasteiger partial charge on any atom is -0.273 e. The van der Waals surface area contributed by atoms with Crippen molar-refractivity contribution < 1.29 is 12.8 Å². The molecule has 0 saturated heterocycles. The first-order valence-electron chi connectivity index (χ1n) is 4.26. The predicted octanol–water partition coefficient (Wildman–Crippen LogP) is 1.15. The number of benzene rings is 1. The lowest BCUT2D eigenvalue weighted by molar-refractivity contribution is 0.590. The largest absolute Gasteiger partial charge is 0.273 e. The van der Waals surface area contributed by atoms with E-state index >= 15 is 0 Å². The Hall–Kier alpha value is -1.10. The van der Waals surface area contributed by atoms with E-state index in [4.69, 9.17) is 0 Å². The van der Waals surface area contributed by atoms with Gasteiger partial charge in [0.1, 0.15) is 5.82 Å². The van der Waals surface area contributed by atoms with Gasteiger partial charge in [-0.05, 0) is 24.1 Å². The summed E-state index contributed by atoms with van der Waals surface area (Å²) in [4.78, 5) is 0. The van der Waals surface area contributed by atoms with Crippen molar-refractivity contribution in [2.24, 2.45) is 0 Å². The van der Waals surface area contributed by atoms with Gasteiger partial charge in [-0.3, -0.25) is 4.31 Å². The van der Waals surface area contributed by atoms with Gasteiger partial charge in [-0.1, -0.05) is 6.07 Å². The van der Waals surface area contributed by atoms with Crippen LogP contribution in [0.4, 0.5) is 10.1 Å². The van der Waals surface area contributed by atoms with Crippen LogP contribution in [-0.2, 0) is 16.4 Å². The molecule has 0 aliphatic carbocycles. The second-order valence-corrected chi connectivity index (χ2v) is 5.43. The zero-order chi connectivity index (χ0) is 10.3. The van der Waals surface area contributed by atoms with Gasteiger partial charge in [0.25, 0.3) is 0 Å². The number of aryl methyl sites for hydroxylation is 1. The number of sulfonamides is 1. The van der Waals surface area contributed by atoms with Crippen LogP contribution in [0.15, 0.2) is 18.2 Å². The molecule has 0 bridgehead atoms.